The fourth-order valence-corrected chi connectivity index (χ4v) is 14.2. The Hall–Kier alpha value is -2.32. The zero-order valence-electron chi connectivity index (χ0n) is 50.5. The van der Waals surface area contributed by atoms with Crippen LogP contribution in [0.5, 0.6) is 23.0 Å². The summed E-state index contributed by atoms with van der Waals surface area (Å²) in [6.07, 6.45) is 0. The van der Waals surface area contributed by atoms with Gasteiger partial charge in [-0.25, -0.2) is 0 Å². The SMILES string of the molecule is COc1c(C(C)(C)C)cc(SC(C)(C)Sc2cc(C(C)(C)C)c(Oc3c(C(C)(C)C)cc(SC(C)(C)Sc4cc(C(C)(C)C)c(OC)c(C(C)(C)C)c4)cc3C(C)(C)C)c(C(C)(C)C)c2)cc1C(C)(C)C. The van der Waals surface area contributed by atoms with Crippen molar-refractivity contribution in [3.05, 3.63) is 93.0 Å². The molecule has 396 valence electrons. The molecule has 0 aromatic heterocycles. The molecular weight excluding hydrogens is 945 g/mol. The van der Waals surface area contributed by atoms with E-state index in [1.807, 2.05) is 61.3 Å². The van der Waals surface area contributed by atoms with Gasteiger partial charge in [0.25, 0.3) is 0 Å². The first-order valence-corrected chi connectivity index (χ1v) is 29.2. The van der Waals surface area contributed by atoms with E-state index in [0.717, 1.165) is 23.0 Å². The molecule has 0 spiro atoms. The molecule has 7 heteroatoms. The van der Waals surface area contributed by atoms with Gasteiger partial charge in [0.15, 0.2) is 0 Å². The van der Waals surface area contributed by atoms with E-state index >= 15 is 0 Å². The van der Waals surface area contributed by atoms with Crippen molar-refractivity contribution in [1.82, 2.24) is 0 Å². The van der Waals surface area contributed by atoms with Gasteiger partial charge in [-0.1, -0.05) is 166 Å². The van der Waals surface area contributed by atoms with Crippen LogP contribution in [0, 0.1) is 0 Å². The van der Waals surface area contributed by atoms with Crippen LogP contribution in [0.15, 0.2) is 68.1 Å². The molecule has 4 rings (SSSR count). The minimum Gasteiger partial charge on any atom is -0.496 e. The molecule has 0 aliphatic heterocycles. The summed E-state index contributed by atoms with van der Waals surface area (Å²) in [5, 5.41) is 0. The molecule has 0 unspecified atom stereocenters. The number of benzene rings is 4. The van der Waals surface area contributed by atoms with Gasteiger partial charge in [-0.3, -0.25) is 0 Å². The first-order chi connectivity index (χ1) is 31.6. The molecule has 0 fully saturated rings. The highest BCUT2D eigenvalue weighted by Gasteiger charge is 2.37. The molecule has 0 bridgehead atoms. The van der Waals surface area contributed by atoms with E-state index in [4.69, 9.17) is 14.2 Å². The topological polar surface area (TPSA) is 27.7 Å². The van der Waals surface area contributed by atoms with Gasteiger partial charge in [-0.15, -0.1) is 47.0 Å². The van der Waals surface area contributed by atoms with Gasteiger partial charge in [-0.2, -0.15) is 0 Å². The van der Waals surface area contributed by atoms with Gasteiger partial charge in [0.05, 0.1) is 22.4 Å². The van der Waals surface area contributed by atoms with Crippen LogP contribution >= 0.6 is 47.0 Å². The maximum Gasteiger partial charge on any atom is 0.134 e. The summed E-state index contributed by atoms with van der Waals surface area (Å²) in [5.41, 5.74) is 8.79. The quantitative estimate of drug-likeness (QED) is 0.103. The van der Waals surface area contributed by atoms with E-state index in [-0.39, 0.29) is 51.5 Å². The van der Waals surface area contributed by atoms with Crippen molar-refractivity contribution in [1.29, 1.82) is 0 Å². The fourth-order valence-electron chi connectivity index (χ4n) is 9.04. The van der Waals surface area contributed by atoms with Crippen molar-refractivity contribution in [3.63, 3.8) is 0 Å². The molecule has 0 N–H and O–H groups in total. The van der Waals surface area contributed by atoms with Crippen LogP contribution in [0.3, 0.4) is 0 Å². The number of methoxy groups -OCH3 is 2. The largest absolute Gasteiger partial charge is 0.496 e. The second-order valence-corrected chi connectivity index (χ2v) is 36.4. The Balaban J connectivity index is 1.91. The van der Waals surface area contributed by atoms with Gasteiger partial charge in [-0.05, 0) is 120 Å². The maximum absolute atomic E-state index is 7.74. The molecule has 0 amide bonds. The van der Waals surface area contributed by atoms with Crippen molar-refractivity contribution >= 4 is 47.0 Å². The van der Waals surface area contributed by atoms with Gasteiger partial charge in [0, 0.05) is 64.1 Å². The Labute approximate surface area is 453 Å². The number of hydrogen-bond donors (Lipinski definition) is 0. The molecule has 4 aromatic rings. The summed E-state index contributed by atoms with van der Waals surface area (Å²) >= 11 is 7.77. The van der Waals surface area contributed by atoms with Crippen LogP contribution in [-0.4, -0.2) is 22.4 Å². The van der Waals surface area contributed by atoms with Crippen LogP contribution < -0.4 is 14.2 Å². The minimum absolute atomic E-state index is 0.0713. The van der Waals surface area contributed by atoms with Gasteiger partial charge in [0.1, 0.15) is 23.0 Å². The first kappa shape index (κ1) is 61.2. The molecule has 4 aromatic carbocycles. The molecule has 0 radical (unpaired) electrons. The van der Waals surface area contributed by atoms with Crippen LogP contribution in [0.2, 0.25) is 0 Å². The number of rotatable bonds is 12. The third kappa shape index (κ3) is 15.4. The number of thioether (sulfide) groups is 4. The monoisotopic (exact) mass is 1040 g/mol. The van der Waals surface area contributed by atoms with E-state index in [1.54, 1.807) is 0 Å². The molecule has 0 atom stereocenters. The third-order valence-electron chi connectivity index (χ3n) is 12.8. The highest BCUT2D eigenvalue weighted by molar-refractivity contribution is 8.18. The summed E-state index contributed by atoms with van der Waals surface area (Å²) in [6.45, 7) is 64.9. The molecule has 0 aliphatic rings. The number of hydrogen-bond acceptors (Lipinski definition) is 7. The predicted molar refractivity (Wildman–Crippen MR) is 320 cm³/mol. The first-order valence-electron chi connectivity index (χ1n) is 25.9. The van der Waals surface area contributed by atoms with Crippen molar-refractivity contribution in [2.24, 2.45) is 0 Å². The zero-order chi connectivity index (χ0) is 54.8. The summed E-state index contributed by atoms with van der Waals surface area (Å²) in [4.78, 5) is 5.04. The van der Waals surface area contributed by atoms with Crippen molar-refractivity contribution in [2.45, 2.75) is 265 Å². The van der Waals surface area contributed by atoms with E-state index in [0.29, 0.717) is 0 Å². The lowest BCUT2D eigenvalue weighted by molar-refractivity contribution is 0.380. The lowest BCUT2D eigenvalue weighted by atomic mass is 9.78. The Morgan fingerprint density at radius 1 is 0.239 bits per heavy atom. The average Bonchev–Trinajstić information content (AvgIpc) is 3.14. The standard InChI is InChI=1S/C64H98O3S4/c1-55(2,3)43-31-39(32-44(51(43)65-29)56(4,5)6)68-63(25,26)70-41-35-47(59(13,14)15)53(48(36-41)60(16,17)18)67-54-49(61(19,20)21)37-42(38-50(54)62(22,23)24)71-64(27,28)69-40-33-45(57(7,8)9)52(66-30)46(34-40)58(10,11)12/h31-38H,1-30H3. The average molecular weight is 1040 g/mol. The lowest BCUT2D eigenvalue weighted by Gasteiger charge is -2.35. The number of ether oxygens (including phenoxy) is 3. The second kappa shape index (κ2) is 20.7. The highest BCUT2D eigenvalue weighted by atomic mass is 32.2. The molecular formula is C64H98O3S4. The lowest BCUT2D eigenvalue weighted by Crippen LogP contribution is -2.23. The van der Waals surface area contributed by atoms with Gasteiger partial charge >= 0.3 is 0 Å². The second-order valence-electron chi connectivity index (χ2n) is 29.1. The summed E-state index contributed by atoms with van der Waals surface area (Å²) in [5.74, 6) is 3.98. The molecule has 0 heterocycles. The smallest absolute Gasteiger partial charge is 0.134 e. The highest BCUT2D eigenvalue weighted by Crippen LogP contribution is 2.55. The summed E-state index contributed by atoms with van der Waals surface area (Å²) < 4.78 is 19.7. The molecule has 0 saturated carbocycles. The predicted octanol–water partition coefficient (Wildman–Crippen LogP) is 21.1. The summed E-state index contributed by atoms with van der Waals surface area (Å²) in [6, 6.07) is 19.2. The minimum atomic E-state index is -0.204. The normalized spacial score (nSPS) is 14.0. The molecule has 3 nitrogen and oxygen atoms in total. The van der Waals surface area contributed by atoms with Crippen LogP contribution in [0.4, 0.5) is 0 Å². The zero-order valence-corrected chi connectivity index (χ0v) is 53.7. The van der Waals surface area contributed by atoms with Crippen LogP contribution in [0.1, 0.15) is 238 Å². The van der Waals surface area contributed by atoms with E-state index in [2.05, 4.69) is 242 Å². The summed E-state index contributed by atoms with van der Waals surface area (Å²) in [7, 11) is 3.63. The van der Waals surface area contributed by atoms with Crippen molar-refractivity contribution in [2.75, 3.05) is 14.2 Å². The van der Waals surface area contributed by atoms with E-state index in [1.165, 1.54) is 64.1 Å². The van der Waals surface area contributed by atoms with Gasteiger partial charge < -0.3 is 14.2 Å². The van der Waals surface area contributed by atoms with Crippen LogP contribution in [-0.2, 0) is 43.3 Å². The fraction of sp³-hybridized carbons (Fsp3) is 0.625. The van der Waals surface area contributed by atoms with Gasteiger partial charge in [0.2, 0.25) is 0 Å². The van der Waals surface area contributed by atoms with E-state index < -0.39 is 0 Å². The Morgan fingerprint density at radius 3 is 0.507 bits per heavy atom. The van der Waals surface area contributed by atoms with E-state index in [9.17, 15) is 0 Å². The Morgan fingerprint density at radius 2 is 0.380 bits per heavy atom. The Bertz CT molecular complexity index is 2220. The van der Waals surface area contributed by atoms with Crippen molar-refractivity contribution < 1.29 is 14.2 Å². The maximum atomic E-state index is 7.74. The molecule has 0 saturated heterocycles. The van der Waals surface area contributed by atoms with Crippen LogP contribution in [0.25, 0.3) is 0 Å². The molecule has 0 aliphatic carbocycles. The molecule has 71 heavy (non-hydrogen) atoms. The van der Waals surface area contributed by atoms with Crippen molar-refractivity contribution in [3.8, 4) is 23.0 Å². The Kier molecular flexibility index (Phi) is 17.8. The third-order valence-corrected chi connectivity index (χ3v) is 17.6.